The van der Waals surface area contributed by atoms with Crippen molar-refractivity contribution in [1.82, 2.24) is 0 Å². The lowest BCUT2D eigenvalue weighted by Crippen LogP contribution is -2.57. The summed E-state index contributed by atoms with van der Waals surface area (Å²) in [6.45, 7) is 11.3. The number of terminal acetylenes is 1. The normalized spacial score (nSPS) is 30.0. The van der Waals surface area contributed by atoms with Crippen molar-refractivity contribution in [3.8, 4) is 12.3 Å². The van der Waals surface area contributed by atoms with Crippen molar-refractivity contribution >= 4 is 11.7 Å². The monoisotopic (exact) mass is 369 g/mol. The lowest BCUT2D eigenvalue weighted by molar-refractivity contribution is -0.384. The van der Waals surface area contributed by atoms with Gasteiger partial charge in [0, 0.05) is 12.1 Å². The zero-order valence-corrected chi connectivity index (χ0v) is 15.5. The smallest absolute Gasteiger partial charge is 0.338 e. The summed E-state index contributed by atoms with van der Waals surface area (Å²) in [5, 5.41) is 21.8. The van der Waals surface area contributed by atoms with E-state index in [9.17, 15) is 20.0 Å². The maximum atomic E-state index is 12.6. The van der Waals surface area contributed by atoms with Gasteiger partial charge in [-0.15, -0.1) is 13.0 Å². The second-order valence-electron chi connectivity index (χ2n) is 7.17. The molecule has 0 spiro atoms. The Labute approximate surface area is 158 Å². The topological polar surface area (TPSA) is 89.7 Å². The van der Waals surface area contributed by atoms with Crippen LogP contribution in [-0.4, -0.2) is 27.7 Å². The van der Waals surface area contributed by atoms with Gasteiger partial charge in [-0.05, 0) is 44.7 Å². The van der Waals surface area contributed by atoms with Gasteiger partial charge < -0.3 is 9.84 Å². The van der Waals surface area contributed by atoms with E-state index < -0.39 is 28.0 Å². The Hall–Kier alpha value is -2.91. The highest BCUT2D eigenvalue weighted by molar-refractivity contribution is 5.89. The number of aliphatic hydroxyl groups is 1. The van der Waals surface area contributed by atoms with Gasteiger partial charge in [0.05, 0.1) is 15.9 Å². The summed E-state index contributed by atoms with van der Waals surface area (Å²) in [7, 11) is 0. The molecular weight excluding hydrogens is 346 g/mol. The average molecular weight is 369 g/mol. The van der Waals surface area contributed by atoms with Crippen LogP contribution in [0.2, 0.25) is 0 Å². The minimum atomic E-state index is -1.54. The SMILES string of the molecule is C#C[C@@]1(O)C[C@H](C(=C)C)C[C@@H](OC(=O)c2ccc([N+](=O)[O-])cc2)[C@]1(C)C=C. The highest BCUT2D eigenvalue weighted by Crippen LogP contribution is 2.50. The number of nitro benzene ring substituents is 1. The van der Waals surface area contributed by atoms with Gasteiger partial charge in [-0.25, -0.2) is 4.79 Å². The van der Waals surface area contributed by atoms with E-state index >= 15 is 0 Å². The second-order valence-corrected chi connectivity index (χ2v) is 7.17. The molecule has 142 valence electrons. The number of nitrogens with zero attached hydrogens (tertiary/aromatic N) is 1. The Morgan fingerprint density at radius 1 is 1.48 bits per heavy atom. The van der Waals surface area contributed by atoms with Crippen LogP contribution in [0.25, 0.3) is 0 Å². The van der Waals surface area contributed by atoms with Crippen LogP contribution in [-0.2, 0) is 4.74 Å². The number of esters is 1. The number of rotatable bonds is 5. The Balaban J connectivity index is 2.34. The summed E-state index contributed by atoms with van der Waals surface area (Å²) in [5.74, 6) is 1.68. The van der Waals surface area contributed by atoms with Crippen LogP contribution in [0.15, 0.2) is 49.1 Å². The predicted octanol–water partition coefficient (Wildman–Crippen LogP) is 3.66. The molecule has 0 heterocycles. The van der Waals surface area contributed by atoms with E-state index in [2.05, 4.69) is 19.1 Å². The number of allylic oxidation sites excluding steroid dienone is 1. The Morgan fingerprint density at radius 2 is 2.07 bits per heavy atom. The first-order valence-electron chi connectivity index (χ1n) is 8.52. The van der Waals surface area contributed by atoms with Crippen molar-refractivity contribution in [2.24, 2.45) is 11.3 Å². The van der Waals surface area contributed by atoms with E-state index in [4.69, 9.17) is 11.2 Å². The van der Waals surface area contributed by atoms with Crippen LogP contribution in [0.5, 0.6) is 0 Å². The van der Waals surface area contributed by atoms with Crippen LogP contribution in [0, 0.1) is 33.8 Å². The Kier molecular flexibility index (Phi) is 5.57. The van der Waals surface area contributed by atoms with Crippen molar-refractivity contribution in [3.05, 3.63) is 64.8 Å². The number of carbonyl (C=O) groups is 1. The van der Waals surface area contributed by atoms with Gasteiger partial charge in [0.25, 0.3) is 5.69 Å². The van der Waals surface area contributed by atoms with Gasteiger partial charge in [0.15, 0.2) is 0 Å². The quantitative estimate of drug-likeness (QED) is 0.281. The summed E-state index contributed by atoms with van der Waals surface area (Å²) in [6, 6.07) is 5.13. The van der Waals surface area contributed by atoms with Gasteiger partial charge in [0.1, 0.15) is 11.7 Å². The largest absolute Gasteiger partial charge is 0.458 e. The van der Waals surface area contributed by atoms with Crippen LogP contribution < -0.4 is 0 Å². The minimum absolute atomic E-state index is 0.117. The highest BCUT2D eigenvalue weighted by Gasteiger charge is 2.56. The molecule has 27 heavy (non-hydrogen) atoms. The van der Waals surface area contributed by atoms with Gasteiger partial charge in [0.2, 0.25) is 0 Å². The van der Waals surface area contributed by atoms with Crippen LogP contribution in [0.3, 0.4) is 0 Å². The van der Waals surface area contributed by atoms with Crippen molar-refractivity contribution < 1.29 is 19.6 Å². The van der Waals surface area contributed by atoms with Gasteiger partial charge in [-0.3, -0.25) is 10.1 Å². The minimum Gasteiger partial charge on any atom is -0.458 e. The molecule has 0 aliphatic heterocycles. The van der Waals surface area contributed by atoms with Gasteiger partial charge >= 0.3 is 5.97 Å². The van der Waals surface area contributed by atoms with E-state index in [-0.39, 0.29) is 17.2 Å². The molecule has 1 aliphatic carbocycles. The number of nitro groups is 1. The number of hydrogen-bond donors (Lipinski definition) is 1. The summed E-state index contributed by atoms with van der Waals surface area (Å²) in [5.41, 5.74) is -1.70. The summed E-state index contributed by atoms with van der Waals surface area (Å²) in [6.07, 6.45) is 7.16. The first-order valence-corrected chi connectivity index (χ1v) is 8.52. The predicted molar refractivity (Wildman–Crippen MR) is 102 cm³/mol. The van der Waals surface area contributed by atoms with Gasteiger partial charge in [-0.1, -0.05) is 24.1 Å². The summed E-state index contributed by atoms with van der Waals surface area (Å²) < 4.78 is 5.69. The second kappa shape index (κ2) is 7.37. The standard InChI is InChI=1S/C21H23NO5/c1-6-20(5)18(12-16(14(3)4)13-21(20,24)7-2)27-19(23)15-8-10-17(11-9-15)22(25)26/h2,6,8-11,16,18,24H,1,3,12-13H2,4-5H3/t16-,18-,20+,21-/m1/s1. The van der Waals surface area contributed by atoms with Gasteiger partial charge in [-0.2, -0.15) is 0 Å². The molecule has 0 unspecified atom stereocenters. The van der Waals surface area contributed by atoms with Crippen molar-refractivity contribution in [3.63, 3.8) is 0 Å². The third kappa shape index (κ3) is 3.64. The number of benzene rings is 1. The third-order valence-corrected chi connectivity index (χ3v) is 5.52. The lowest BCUT2D eigenvalue weighted by atomic mass is 9.59. The maximum Gasteiger partial charge on any atom is 0.338 e. The van der Waals surface area contributed by atoms with Crippen molar-refractivity contribution in [2.45, 2.75) is 38.4 Å². The molecule has 0 radical (unpaired) electrons. The lowest BCUT2D eigenvalue weighted by Gasteiger charge is -2.50. The molecule has 1 N–H and O–H groups in total. The molecule has 1 aliphatic rings. The van der Waals surface area contributed by atoms with Crippen molar-refractivity contribution in [2.75, 3.05) is 0 Å². The molecule has 2 rings (SSSR count). The number of non-ortho nitro benzene ring substituents is 1. The summed E-state index contributed by atoms with van der Waals surface area (Å²) >= 11 is 0. The first-order chi connectivity index (χ1) is 12.6. The third-order valence-electron chi connectivity index (χ3n) is 5.52. The maximum absolute atomic E-state index is 12.6. The molecule has 6 heteroatoms. The molecule has 1 fully saturated rings. The molecule has 1 saturated carbocycles. The van der Waals surface area contributed by atoms with E-state index in [1.54, 1.807) is 6.92 Å². The molecule has 0 aromatic heterocycles. The van der Waals surface area contributed by atoms with Crippen molar-refractivity contribution in [1.29, 1.82) is 0 Å². The Bertz CT molecular complexity index is 822. The number of ether oxygens (including phenoxy) is 1. The molecule has 0 amide bonds. The molecular formula is C21H23NO5. The summed E-state index contributed by atoms with van der Waals surface area (Å²) in [4.78, 5) is 22.8. The van der Waals surface area contributed by atoms with Crippen LogP contribution >= 0.6 is 0 Å². The molecule has 4 atom stereocenters. The zero-order chi connectivity index (χ0) is 20.4. The molecule has 1 aromatic carbocycles. The molecule has 6 nitrogen and oxygen atoms in total. The molecule has 0 bridgehead atoms. The zero-order valence-electron chi connectivity index (χ0n) is 15.5. The Morgan fingerprint density at radius 3 is 2.52 bits per heavy atom. The first kappa shape index (κ1) is 20.4. The average Bonchev–Trinajstić information content (AvgIpc) is 2.64. The van der Waals surface area contributed by atoms with E-state index in [0.29, 0.717) is 12.8 Å². The van der Waals surface area contributed by atoms with E-state index in [1.807, 2.05) is 6.92 Å². The molecule has 0 saturated heterocycles. The fourth-order valence-corrected chi connectivity index (χ4v) is 3.41. The fourth-order valence-electron chi connectivity index (χ4n) is 3.41. The number of hydrogen-bond acceptors (Lipinski definition) is 5. The van der Waals surface area contributed by atoms with E-state index in [1.165, 1.54) is 30.3 Å². The van der Waals surface area contributed by atoms with Crippen LogP contribution in [0.4, 0.5) is 5.69 Å². The fraction of sp³-hybridized carbons (Fsp3) is 0.381. The van der Waals surface area contributed by atoms with E-state index in [0.717, 1.165) is 5.57 Å². The van der Waals surface area contributed by atoms with Crippen LogP contribution in [0.1, 0.15) is 37.0 Å². The highest BCUT2D eigenvalue weighted by atomic mass is 16.6. The number of carbonyl (C=O) groups excluding carboxylic acids is 1. The molecule has 1 aromatic rings.